The molecule has 107 heavy (non-hydrogen) atoms. The van der Waals surface area contributed by atoms with Crippen LogP contribution in [-0.4, -0.2) is 73.9 Å². The molecule has 0 bridgehead atoms. The fourth-order valence-electron chi connectivity index (χ4n) is 5.28. The second-order valence-electron chi connectivity index (χ2n) is 25.3. The number of para-hydroxylation sites is 1. The molecule has 2 heterocycles. The van der Waals surface area contributed by atoms with E-state index in [0.717, 1.165) is 82.1 Å². The molecule has 8 N–H and O–H groups in total. The number of Topliss-reactive ketones (excluding diaryl/α,β-unsaturated/α-hetero) is 3. The fraction of sp³-hybridized carbons (Fsp3) is 0.695. The van der Waals surface area contributed by atoms with E-state index < -0.39 is 0 Å². The molecule has 0 unspecified atom stereocenters. The Hall–Kier alpha value is -5.46. The second kappa shape index (κ2) is 133. The van der Waals surface area contributed by atoms with E-state index in [-0.39, 0.29) is 66.5 Å². The van der Waals surface area contributed by atoms with Crippen LogP contribution in [0.4, 0.5) is 0 Å². The minimum Gasteiger partial charge on any atom is -0.508 e. The topological polar surface area (TPSA) is 205 Å². The summed E-state index contributed by atoms with van der Waals surface area (Å²) < 4.78 is 0. The van der Waals surface area contributed by atoms with Crippen LogP contribution in [0.3, 0.4) is 0 Å². The first-order valence-electron chi connectivity index (χ1n) is 39.8. The van der Waals surface area contributed by atoms with Crippen LogP contribution in [0.1, 0.15) is 397 Å². The third kappa shape index (κ3) is 191. The normalized spacial score (nSPS) is 8.57. The molecule has 0 aliphatic heterocycles. The number of aliphatic hydroxyl groups is 1. The zero-order valence-corrected chi connectivity index (χ0v) is 74.7. The quantitative estimate of drug-likeness (QED) is 0.0251. The van der Waals surface area contributed by atoms with E-state index in [9.17, 15) is 19.2 Å². The summed E-state index contributed by atoms with van der Waals surface area (Å²) in [6.45, 7) is 68.2. The molecule has 0 saturated heterocycles. The van der Waals surface area contributed by atoms with Crippen molar-refractivity contribution in [3.05, 3.63) is 126 Å². The molecule has 5 rings (SSSR count). The number of aromatic nitrogens is 2. The van der Waals surface area contributed by atoms with Crippen molar-refractivity contribution >= 4 is 51.8 Å². The van der Waals surface area contributed by atoms with Gasteiger partial charge in [0, 0.05) is 67.3 Å². The van der Waals surface area contributed by atoms with Crippen LogP contribution < -0.4 is 11.5 Å². The largest absolute Gasteiger partial charge is 0.508 e. The second-order valence-corrected chi connectivity index (χ2v) is 26.3. The highest BCUT2D eigenvalue weighted by atomic mass is 32.2. The van der Waals surface area contributed by atoms with Gasteiger partial charge in [-0.2, -0.15) is 11.8 Å². The zero-order chi connectivity index (χ0) is 82.4. The number of hydrogen-bond donors (Lipinski definition) is 6. The smallest absolute Gasteiger partial charge is 0.217 e. The molecular formula is C95H197N5O6S. The SMILES string of the molecule is C.C.C.C.C.CC.CC(C)C.CC(C)O.CCC.CCC.CCC(C)=O.CCC(C)C.CCC(C)C.CCC(N)=O.CCCC(C)=O.CCCC(C)=O.CCCCCC.CCCCN=C(C)N.CCCSC.CCc1c[nH]c2ccccc12.CCc1ccc(O)cc1.CCc1ccc[nH]1.CCc1ccccc1. The summed E-state index contributed by atoms with van der Waals surface area (Å²) in [6, 6.07) is 30.2. The molecular weight excluding hydrogens is 1340 g/mol. The molecule has 3 aromatic carbocycles. The van der Waals surface area contributed by atoms with Gasteiger partial charge in [0.2, 0.25) is 5.91 Å². The van der Waals surface area contributed by atoms with Crippen LogP contribution in [0.5, 0.6) is 5.75 Å². The number of nitrogens with two attached hydrogens (primary N) is 2. The lowest BCUT2D eigenvalue weighted by atomic mass is 10.1. The molecule has 0 aliphatic rings. The van der Waals surface area contributed by atoms with Gasteiger partial charge in [-0.25, -0.2) is 0 Å². The van der Waals surface area contributed by atoms with Crippen LogP contribution in [0.15, 0.2) is 108 Å². The number of phenols is 1. The molecule has 5 aromatic rings. The van der Waals surface area contributed by atoms with Crippen molar-refractivity contribution in [2.75, 3.05) is 18.6 Å². The van der Waals surface area contributed by atoms with Gasteiger partial charge in [-0.1, -0.05) is 343 Å². The number of aryl methyl sites for hydroxylation is 4. The molecule has 2 aromatic heterocycles. The maximum absolute atomic E-state index is 10.0. The Morgan fingerprint density at radius 3 is 1.02 bits per heavy atom. The lowest BCUT2D eigenvalue weighted by Crippen LogP contribution is -2.06. The van der Waals surface area contributed by atoms with Crippen LogP contribution in [-0.2, 0) is 44.9 Å². The Morgan fingerprint density at radius 1 is 0.467 bits per heavy atom. The van der Waals surface area contributed by atoms with Gasteiger partial charge in [0.15, 0.2) is 0 Å². The van der Waals surface area contributed by atoms with E-state index in [1.54, 1.807) is 53.7 Å². The highest BCUT2D eigenvalue weighted by molar-refractivity contribution is 7.98. The van der Waals surface area contributed by atoms with E-state index >= 15 is 0 Å². The van der Waals surface area contributed by atoms with Gasteiger partial charge in [0.25, 0.3) is 0 Å². The van der Waals surface area contributed by atoms with Crippen LogP contribution in [0.2, 0.25) is 0 Å². The molecule has 0 atom stereocenters. The van der Waals surface area contributed by atoms with E-state index in [0.29, 0.717) is 24.4 Å². The summed E-state index contributed by atoms with van der Waals surface area (Å²) in [5, 5.41) is 18.3. The summed E-state index contributed by atoms with van der Waals surface area (Å²) in [5.41, 5.74) is 16.6. The van der Waals surface area contributed by atoms with Crippen molar-refractivity contribution in [1.29, 1.82) is 0 Å². The number of amides is 1. The molecule has 12 heteroatoms. The summed E-state index contributed by atoms with van der Waals surface area (Å²) in [7, 11) is 0. The molecule has 0 spiro atoms. The Labute approximate surface area is 678 Å². The number of phenolic OH excluding ortho intramolecular Hbond substituents is 1. The van der Waals surface area contributed by atoms with Crippen LogP contribution in [0.25, 0.3) is 10.9 Å². The number of rotatable bonds is 20. The third-order valence-electron chi connectivity index (χ3n) is 11.6. The van der Waals surface area contributed by atoms with Gasteiger partial charge in [-0.3, -0.25) is 9.79 Å². The number of nitrogens with zero attached hydrogens (tertiary/aromatic N) is 1. The van der Waals surface area contributed by atoms with Crippen LogP contribution >= 0.6 is 11.8 Å². The summed E-state index contributed by atoms with van der Waals surface area (Å²) in [6.07, 6.45) is 29.2. The molecule has 0 fully saturated rings. The number of aliphatic imine (C=N–C) groups is 1. The molecule has 11 nitrogen and oxygen atoms in total. The number of aliphatic hydroxyl groups excluding tert-OH is 1. The number of hydrogen-bond acceptors (Lipinski definition) is 8. The molecule has 1 amide bonds. The van der Waals surface area contributed by atoms with Gasteiger partial charge in [-0.15, -0.1) is 0 Å². The Kier molecular flexibility index (Phi) is 183. The van der Waals surface area contributed by atoms with E-state index in [4.69, 9.17) is 15.9 Å². The van der Waals surface area contributed by atoms with Crippen molar-refractivity contribution in [2.45, 2.75) is 407 Å². The fourth-order valence-corrected chi connectivity index (χ4v) is 5.69. The number of carbonyl (C=O) groups is 4. The van der Waals surface area contributed by atoms with Crippen molar-refractivity contribution in [3.63, 3.8) is 0 Å². The highest BCUT2D eigenvalue weighted by Gasteiger charge is 1.98. The number of aromatic amines is 2. The minimum absolute atomic E-state index is 0. The average molecular weight is 1540 g/mol. The predicted octanol–water partition coefficient (Wildman–Crippen LogP) is 30.8. The maximum atomic E-state index is 10.0. The van der Waals surface area contributed by atoms with E-state index in [2.05, 4.69) is 233 Å². The molecule has 0 saturated carbocycles. The standard InChI is InChI=1S/C10H11N.C8H10O.C8H10.C6H14N2.C6H9N.C6H14.2C5H10O.2C5H12.C4H8O.C4H10S.C4H10.C3H7NO.C3H8O.2C3H8.C2H6.5CH4/c1-2-8-7-11-10-6-4-3-5-9(8)10;1-2-7-3-5-8(9)6-4-7;1-2-8-6-4-3-5-7-8;1-3-4-5-8-6(2)7;1-2-6-4-3-5-7-6;1-3-5-6-4-2;2*1-3-4-5(2)6;2*1-4-5(2)3;1-3-4(2)5;1-3-4-5-2;1-4(2)3;1-2-3(4)5;1-3(2)4;2*1-3-2;1-2;;;;;/h3-7,11H,2H2,1H3;3-6,9H,2H2,1H3;3-7H,2H2,1H3;3-5H2,1-2H3,(H2,7,8);3-5,7H,2H2,1H3;3-6H2,1-2H3;2*3-4H2,1-2H3;2*5H,4H2,1-3H3;3H2,1-2H3;3-4H2,1-2H3;4H,1-3H3;2H2,1H3,(H2,4,5);3-4H,1-2H3;2*3H2,1-2H3;1-2H3;5*1H4. The number of nitrogens with one attached hydrogen (secondary N) is 2. The minimum atomic E-state index is -0.245. The third-order valence-corrected chi connectivity index (χ3v) is 12.4. The Morgan fingerprint density at radius 2 is 0.813 bits per heavy atom. The monoisotopic (exact) mass is 1540 g/mol. The van der Waals surface area contributed by atoms with E-state index in [1.807, 2.05) is 83.8 Å². The zero-order valence-electron chi connectivity index (χ0n) is 73.9. The number of unbranched alkanes of at least 4 members (excludes halogenated alkanes) is 4. The first-order chi connectivity index (χ1) is 48.1. The number of benzene rings is 3. The summed E-state index contributed by atoms with van der Waals surface area (Å²) in [5.74, 6) is 5.53. The Balaban J connectivity index is -0.0000000495. The number of primary amides is 1. The molecule has 644 valence electrons. The van der Waals surface area contributed by atoms with Crippen molar-refractivity contribution in [1.82, 2.24) is 9.97 Å². The molecule has 0 aliphatic carbocycles. The van der Waals surface area contributed by atoms with Gasteiger partial charge >= 0.3 is 0 Å². The maximum Gasteiger partial charge on any atom is 0.217 e. The van der Waals surface area contributed by atoms with Crippen molar-refractivity contribution < 1.29 is 29.4 Å². The van der Waals surface area contributed by atoms with Gasteiger partial charge in [-0.05, 0) is 170 Å². The summed E-state index contributed by atoms with van der Waals surface area (Å²) in [4.78, 5) is 49.8. The predicted molar refractivity (Wildman–Crippen MR) is 503 cm³/mol. The average Bonchev–Trinajstić information content (AvgIpc) is 1.71. The number of carbonyl (C=O) groups excluding carboxylic acids is 4. The number of aromatic hydroxyl groups is 1. The lowest BCUT2D eigenvalue weighted by Gasteiger charge is -1.93. The Bertz CT molecular complexity index is 2210. The first-order valence-corrected chi connectivity index (χ1v) is 41.2. The van der Waals surface area contributed by atoms with Crippen molar-refractivity contribution in [2.24, 2.45) is 34.2 Å². The van der Waals surface area contributed by atoms with Gasteiger partial charge in [0.05, 0.1) is 5.84 Å². The first kappa shape index (κ1) is 147. The summed E-state index contributed by atoms with van der Waals surface area (Å²) >= 11 is 1.90. The van der Waals surface area contributed by atoms with Gasteiger partial charge < -0.3 is 46.0 Å². The van der Waals surface area contributed by atoms with Crippen molar-refractivity contribution in [3.8, 4) is 5.75 Å². The lowest BCUT2D eigenvalue weighted by molar-refractivity contribution is -0.118. The van der Waals surface area contributed by atoms with E-state index in [1.165, 1.54) is 103 Å². The highest BCUT2D eigenvalue weighted by Crippen LogP contribution is 2.17. The molecule has 0 radical (unpaired) electrons. The number of ketones is 3. The van der Waals surface area contributed by atoms with Crippen LogP contribution in [0, 0.1) is 17.8 Å². The number of fused-ring (bicyclic) bond motifs is 1. The number of thioether (sulfide) groups is 1. The number of H-pyrrole nitrogens is 2. The van der Waals surface area contributed by atoms with Gasteiger partial charge in [0.1, 0.15) is 23.1 Å². The number of amidine groups is 1.